The van der Waals surface area contributed by atoms with E-state index in [1.807, 2.05) is 55.6 Å². The molecule has 5 heteroatoms. The van der Waals surface area contributed by atoms with Crippen molar-refractivity contribution in [2.75, 3.05) is 7.11 Å². The van der Waals surface area contributed by atoms with Gasteiger partial charge in [-0.3, -0.25) is 4.79 Å². The van der Waals surface area contributed by atoms with Crippen molar-refractivity contribution < 1.29 is 13.9 Å². The second-order valence-corrected chi connectivity index (χ2v) is 7.10. The lowest BCUT2D eigenvalue weighted by atomic mass is 9.88. The number of carbonyl (C=O) groups excluding carboxylic acids is 1. The predicted molar refractivity (Wildman–Crippen MR) is 113 cm³/mol. The number of aryl methyl sites for hydroxylation is 1. The average Bonchev–Trinajstić information content (AvgIpc) is 3.39. The van der Waals surface area contributed by atoms with Gasteiger partial charge in [0.05, 0.1) is 19.9 Å². The Morgan fingerprint density at radius 1 is 1.10 bits per heavy atom. The second kappa shape index (κ2) is 8.27. The van der Waals surface area contributed by atoms with Crippen molar-refractivity contribution in [1.29, 1.82) is 0 Å². The molecule has 5 nitrogen and oxygen atoms in total. The number of fused-ring (bicyclic) bond motifs is 1. The van der Waals surface area contributed by atoms with Crippen LogP contribution in [0.15, 0.2) is 77.5 Å². The summed E-state index contributed by atoms with van der Waals surface area (Å²) < 4.78 is 12.7. The maximum Gasteiger partial charge on any atom is 0.221 e. The largest absolute Gasteiger partial charge is 0.497 e. The summed E-state index contributed by atoms with van der Waals surface area (Å²) in [5.74, 6) is 1.45. The Balaban J connectivity index is 1.65. The summed E-state index contributed by atoms with van der Waals surface area (Å²) in [6, 6.07) is 19.9. The van der Waals surface area contributed by atoms with Gasteiger partial charge in [0, 0.05) is 36.5 Å². The van der Waals surface area contributed by atoms with Crippen molar-refractivity contribution in [1.82, 2.24) is 9.88 Å². The third-order valence-electron chi connectivity index (χ3n) is 5.25. The van der Waals surface area contributed by atoms with Gasteiger partial charge < -0.3 is 19.0 Å². The van der Waals surface area contributed by atoms with Crippen LogP contribution in [0.1, 0.15) is 29.2 Å². The molecule has 0 aliphatic rings. The number of methoxy groups -OCH3 is 1. The zero-order valence-corrected chi connectivity index (χ0v) is 16.6. The highest BCUT2D eigenvalue weighted by molar-refractivity contribution is 5.86. The minimum atomic E-state index is -0.0661. The van der Waals surface area contributed by atoms with Crippen LogP contribution >= 0.6 is 0 Å². The number of hydrogen-bond acceptors (Lipinski definition) is 3. The molecule has 0 bridgehead atoms. The van der Waals surface area contributed by atoms with Crippen molar-refractivity contribution in [3.8, 4) is 5.75 Å². The molecule has 0 spiro atoms. The summed E-state index contributed by atoms with van der Waals surface area (Å²) in [6.45, 7) is 0.386. The van der Waals surface area contributed by atoms with E-state index in [-0.39, 0.29) is 11.8 Å². The van der Waals surface area contributed by atoms with Gasteiger partial charge in [0.25, 0.3) is 0 Å². The van der Waals surface area contributed by atoms with E-state index in [1.165, 1.54) is 0 Å². The Bertz CT molecular complexity index is 1100. The maximum absolute atomic E-state index is 12.8. The molecule has 0 aliphatic carbocycles. The van der Waals surface area contributed by atoms with Crippen molar-refractivity contribution in [2.24, 2.45) is 7.05 Å². The quantitative estimate of drug-likeness (QED) is 0.503. The zero-order valence-electron chi connectivity index (χ0n) is 16.6. The molecule has 2 aromatic carbocycles. The lowest BCUT2D eigenvalue weighted by Gasteiger charge is -2.17. The first-order chi connectivity index (χ1) is 14.2. The molecule has 1 unspecified atom stereocenters. The molecule has 1 atom stereocenters. The first-order valence-corrected chi connectivity index (χ1v) is 9.62. The van der Waals surface area contributed by atoms with Crippen LogP contribution in [0.3, 0.4) is 0 Å². The Kier molecular flexibility index (Phi) is 5.38. The van der Waals surface area contributed by atoms with E-state index in [4.69, 9.17) is 9.15 Å². The van der Waals surface area contributed by atoms with Gasteiger partial charge in [-0.05, 0) is 41.5 Å². The van der Waals surface area contributed by atoms with Crippen LogP contribution in [-0.4, -0.2) is 17.6 Å². The second-order valence-electron chi connectivity index (χ2n) is 7.10. The Morgan fingerprint density at radius 2 is 1.90 bits per heavy atom. The third kappa shape index (κ3) is 4.04. The number of ether oxygens (including phenoxy) is 1. The van der Waals surface area contributed by atoms with E-state index in [2.05, 4.69) is 28.2 Å². The molecule has 4 aromatic rings. The van der Waals surface area contributed by atoms with Crippen LogP contribution in [0, 0.1) is 0 Å². The highest BCUT2D eigenvalue weighted by atomic mass is 16.5. The highest BCUT2D eigenvalue weighted by Crippen LogP contribution is 2.35. The first kappa shape index (κ1) is 18.9. The third-order valence-corrected chi connectivity index (χ3v) is 5.25. The van der Waals surface area contributed by atoms with Crippen molar-refractivity contribution in [3.05, 3.63) is 90.0 Å². The van der Waals surface area contributed by atoms with Crippen LogP contribution in [-0.2, 0) is 18.4 Å². The van der Waals surface area contributed by atoms with Crippen LogP contribution in [0.25, 0.3) is 10.9 Å². The number of benzene rings is 2. The van der Waals surface area contributed by atoms with Gasteiger partial charge in [-0.15, -0.1) is 0 Å². The van der Waals surface area contributed by atoms with Gasteiger partial charge in [-0.2, -0.15) is 0 Å². The number of nitrogens with zero attached hydrogens (tertiary/aromatic N) is 1. The van der Waals surface area contributed by atoms with E-state index in [0.717, 1.165) is 33.5 Å². The van der Waals surface area contributed by atoms with E-state index < -0.39 is 0 Å². The standard InChI is InChI=1S/C24H24N2O3/c1-26-16-22(20-7-3-4-8-23(20)26)21(17-9-11-18(28-2)12-10-17)14-24(27)25-15-19-6-5-13-29-19/h3-13,16,21H,14-15H2,1-2H3,(H,25,27). The van der Waals surface area contributed by atoms with E-state index in [9.17, 15) is 4.79 Å². The Labute approximate surface area is 169 Å². The van der Waals surface area contributed by atoms with Gasteiger partial charge in [0.15, 0.2) is 0 Å². The molecule has 0 saturated carbocycles. The number of carbonyl (C=O) groups is 1. The molecule has 0 radical (unpaired) electrons. The zero-order chi connectivity index (χ0) is 20.2. The van der Waals surface area contributed by atoms with Gasteiger partial charge in [-0.1, -0.05) is 30.3 Å². The molecule has 1 amide bonds. The lowest BCUT2D eigenvalue weighted by molar-refractivity contribution is -0.121. The molecular weight excluding hydrogens is 364 g/mol. The molecule has 0 aliphatic heterocycles. The Morgan fingerprint density at radius 3 is 2.62 bits per heavy atom. The highest BCUT2D eigenvalue weighted by Gasteiger charge is 2.22. The molecule has 2 aromatic heterocycles. The summed E-state index contributed by atoms with van der Waals surface area (Å²) >= 11 is 0. The maximum atomic E-state index is 12.8. The number of para-hydroxylation sites is 1. The van der Waals surface area contributed by atoms with Crippen molar-refractivity contribution >= 4 is 16.8 Å². The molecule has 148 valence electrons. The van der Waals surface area contributed by atoms with Crippen LogP contribution < -0.4 is 10.1 Å². The van der Waals surface area contributed by atoms with E-state index in [1.54, 1.807) is 13.4 Å². The van der Waals surface area contributed by atoms with Gasteiger partial charge in [0.1, 0.15) is 11.5 Å². The molecule has 0 fully saturated rings. The minimum absolute atomic E-state index is 0.0184. The monoisotopic (exact) mass is 388 g/mol. The number of amides is 1. The van der Waals surface area contributed by atoms with Crippen LogP contribution in [0.4, 0.5) is 0 Å². The normalized spacial score (nSPS) is 12.1. The topological polar surface area (TPSA) is 56.4 Å². The smallest absolute Gasteiger partial charge is 0.221 e. The molecule has 4 rings (SSSR count). The number of rotatable bonds is 7. The summed E-state index contributed by atoms with van der Waals surface area (Å²) in [5.41, 5.74) is 3.37. The van der Waals surface area contributed by atoms with Crippen molar-refractivity contribution in [3.63, 3.8) is 0 Å². The number of nitrogens with one attached hydrogen (secondary N) is 1. The summed E-state index contributed by atoms with van der Waals surface area (Å²) in [5, 5.41) is 4.13. The van der Waals surface area contributed by atoms with Crippen LogP contribution in [0.5, 0.6) is 5.75 Å². The number of aromatic nitrogens is 1. The van der Waals surface area contributed by atoms with E-state index in [0.29, 0.717) is 13.0 Å². The van der Waals surface area contributed by atoms with Gasteiger partial charge in [-0.25, -0.2) is 0 Å². The fourth-order valence-corrected chi connectivity index (χ4v) is 3.75. The van der Waals surface area contributed by atoms with Crippen LogP contribution in [0.2, 0.25) is 0 Å². The average molecular weight is 388 g/mol. The van der Waals surface area contributed by atoms with Gasteiger partial charge >= 0.3 is 0 Å². The molecular formula is C24H24N2O3. The fraction of sp³-hybridized carbons (Fsp3) is 0.208. The fourth-order valence-electron chi connectivity index (χ4n) is 3.75. The molecule has 0 saturated heterocycles. The molecule has 1 N–H and O–H groups in total. The van der Waals surface area contributed by atoms with E-state index >= 15 is 0 Å². The van der Waals surface area contributed by atoms with Gasteiger partial charge in [0.2, 0.25) is 5.91 Å². The Hall–Kier alpha value is -3.47. The van der Waals surface area contributed by atoms with Crippen molar-refractivity contribution in [2.45, 2.75) is 18.9 Å². The SMILES string of the molecule is COc1ccc(C(CC(=O)NCc2ccco2)c2cn(C)c3ccccc23)cc1. The number of furan rings is 1. The minimum Gasteiger partial charge on any atom is -0.497 e. The summed E-state index contributed by atoms with van der Waals surface area (Å²) in [4.78, 5) is 12.8. The molecule has 29 heavy (non-hydrogen) atoms. The predicted octanol–water partition coefficient (Wildman–Crippen LogP) is 4.62. The lowest BCUT2D eigenvalue weighted by Crippen LogP contribution is -2.24. The summed E-state index contributed by atoms with van der Waals surface area (Å²) in [6.07, 6.45) is 4.08. The number of hydrogen-bond donors (Lipinski definition) is 1. The molecule has 2 heterocycles. The first-order valence-electron chi connectivity index (χ1n) is 9.62. The summed E-state index contributed by atoms with van der Waals surface area (Å²) in [7, 11) is 3.69.